The molecule has 0 spiro atoms. The quantitative estimate of drug-likeness (QED) is 0.409. The molecule has 5 heterocycles. The van der Waals surface area contributed by atoms with Crippen molar-refractivity contribution < 1.29 is 14.4 Å². The van der Waals surface area contributed by atoms with Crippen molar-refractivity contribution in [3.8, 4) is 0 Å². The van der Waals surface area contributed by atoms with Gasteiger partial charge in [0.1, 0.15) is 11.0 Å². The summed E-state index contributed by atoms with van der Waals surface area (Å²) in [4.78, 5) is 50.9. The number of hydrogen-bond donors (Lipinski definition) is 3. The topological polar surface area (TPSA) is 117 Å². The van der Waals surface area contributed by atoms with E-state index >= 15 is 0 Å². The van der Waals surface area contributed by atoms with Crippen LogP contribution in [0.5, 0.6) is 0 Å². The second-order valence-electron chi connectivity index (χ2n) is 13.0. The van der Waals surface area contributed by atoms with Crippen molar-refractivity contribution in [1.29, 1.82) is 0 Å². The Kier molecular flexibility index (Phi) is 9.74. The zero-order chi connectivity index (χ0) is 31.7. The van der Waals surface area contributed by atoms with Gasteiger partial charge in [-0.05, 0) is 81.4 Å². The van der Waals surface area contributed by atoms with Gasteiger partial charge in [-0.25, -0.2) is 9.59 Å². The Balaban J connectivity index is 1.09. The van der Waals surface area contributed by atoms with E-state index in [0.717, 1.165) is 60.7 Å². The first-order valence-electron chi connectivity index (χ1n) is 16.1. The Morgan fingerprint density at radius 3 is 2.40 bits per heavy atom. The summed E-state index contributed by atoms with van der Waals surface area (Å²) < 4.78 is 0. The third kappa shape index (κ3) is 7.19. The molecule has 1 atom stereocenters. The fourth-order valence-electron chi connectivity index (χ4n) is 7.18. The van der Waals surface area contributed by atoms with Gasteiger partial charge in [-0.1, -0.05) is 17.7 Å². The SMILES string of the molecule is Cc1cc(C[C@@H](NC(=O)N2CCC(N3Cc4ccsc4NC3=O)CC2)C(=O)N2CCN(C3CCN(C)CC3)CC2)cc(Cl)c1N. The van der Waals surface area contributed by atoms with Crippen LogP contribution in [-0.4, -0.2) is 120 Å². The highest BCUT2D eigenvalue weighted by Gasteiger charge is 2.36. The number of amides is 5. The van der Waals surface area contributed by atoms with Crippen LogP contribution < -0.4 is 16.4 Å². The van der Waals surface area contributed by atoms with Crippen LogP contribution in [0.15, 0.2) is 23.6 Å². The summed E-state index contributed by atoms with van der Waals surface area (Å²) in [6, 6.07) is 5.36. The molecule has 1 aromatic heterocycles. The second kappa shape index (κ2) is 13.7. The van der Waals surface area contributed by atoms with Crippen molar-refractivity contribution in [3.63, 3.8) is 0 Å². The number of fused-ring (bicyclic) bond motifs is 1. The number of aryl methyl sites for hydroxylation is 1. The molecular weight excluding hydrogens is 612 g/mol. The van der Waals surface area contributed by atoms with Crippen LogP contribution in [-0.2, 0) is 17.8 Å². The first-order valence-corrected chi connectivity index (χ1v) is 17.4. The van der Waals surface area contributed by atoms with E-state index in [1.165, 1.54) is 0 Å². The average Bonchev–Trinajstić information content (AvgIpc) is 3.50. The molecule has 4 aliphatic heterocycles. The molecule has 0 aliphatic carbocycles. The van der Waals surface area contributed by atoms with Crippen molar-refractivity contribution in [2.24, 2.45) is 0 Å². The van der Waals surface area contributed by atoms with Crippen LogP contribution in [0, 0.1) is 6.92 Å². The zero-order valence-electron chi connectivity index (χ0n) is 26.3. The molecule has 244 valence electrons. The minimum atomic E-state index is -0.728. The van der Waals surface area contributed by atoms with Gasteiger partial charge >= 0.3 is 12.1 Å². The highest BCUT2D eigenvalue weighted by atomic mass is 35.5. The number of urea groups is 2. The number of anilines is 2. The van der Waals surface area contributed by atoms with Crippen molar-refractivity contribution in [2.75, 3.05) is 70.5 Å². The van der Waals surface area contributed by atoms with Gasteiger partial charge in [0.15, 0.2) is 0 Å². The molecule has 11 nitrogen and oxygen atoms in total. The number of carbonyl (C=O) groups is 3. The molecule has 2 aromatic rings. The Hall–Kier alpha value is -3.06. The minimum Gasteiger partial charge on any atom is -0.397 e. The third-order valence-electron chi connectivity index (χ3n) is 10.0. The summed E-state index contributed by atoms with van der Waals surface area (Å²) in [5.41, 5.74) is 9.45. The number of piperidine rings is 2. The van der Waals surface area contributed by atoms with Gasteiger partial charge in [0.2, 0.25) is 5.91 Å². The maximum Gasteiger partial charge on any atom is 0.323 e. The number of rotatable bonds is 6. The number of carbonyl (C=O) groups excluding carboxylic acids is 3. The number of nitrogens with two attached hydrogens (primary N) is 1. The lowest BCUT2D eigenvalue weighted by Gasteiger charge is -2.43. The summed E-state index contributed by atoms with van der Waals surface area (Å²) in [7, 11) is 2.17. The lowest BCUT2D eigenvalue weighted by Crippen LogP contribution is -2.59. The maximum absolute atomic E-state index is 14.0. The predicted molar refractivity (Wildman–Crippen MR) is 179 cm³/mol. The molecule has 13 heteroatoms. The summed E-state index contributed by atoms with van der Waals surface area (Å²) in [5, 5.41) is 9.45. The van der Waals surface area contributed by atoms with Crippen LogP contribution >= 0.6 is 22.9 Å². The lowest BCUT2D eigenvalue weighted by atomic mass is 10.0. The maximum atomic E-state index is 14.0. The number of nitrogens with zero attached hydrogens (tertiary/aromatic N) is 5. The van der Waals surface area contributed by atoms with Crippen LogP contribution in [0.1, 0.15) is 42.4 Å². The Morgan fingerprint density at radius 1 is 1.02 bits per heavy atom. The first kappa shape index (κ1) is 31.9. The van der Waals surface area contributed by atoms with E-state index in [2.05, 4.69) is 33.5 Å². The standard InChI is InChI=1S/C32H45ClN8O3S/c1-21-17-22(18-26(33)28(21)34)19-27(30(42)39-14-12-38(13-15-39)24-3-8-37(2)9-4-24)35-31(43)40-10-5-25(6-11-40)41-20-23-7-16-45-29(23)36-32(41)44/h7,16-18,24-25,27H,3-6,8-15,19-20,34H2,1-2H3,(H,35,43)(H,36,44)/t27-/m1/s1. The van der Waals surface area contributed by atoms with Gasteiger partial charge in [0.05, 0.1) is 17.3 Å². The number of thiophene rings is 1. The molecule has 1 aromatic carbocycles. The smallest absolute Gasteiger partial charge is 0.323 e. The molecular formula is C32H45ClN8O3S. The highest BCUT2D eigenvalue weighted by Crippen LogP contribution is 2.32. The van der Waals surface area contributed by atoms with Crippen molar-refractivity contribution >= 4 is 51.6 Å². The predicted octanol–water partition coefficient (Wildman–Crippen LogP) is 3.66. The Bertz CT molecular complexity index is 1370. The molecule has 0 radical (unpaired) electrons. The zero-order valence-corrected chi connectivity index (χ0v) is 27.8. The van der Waals surface area contributed by atoms with E-state index < -0.39 is 6.04 Å². The molecule has 4 N–H and O–H groups in total. The van der Waals surface area contributed by atoms with Gasteiger partial charge in [0, 0.05) is 63.3 Å². The number of nitrogens with one attached hydrogen (secondary N) is 2. The summed E-state index contributed by atoms with van der Waals surface area (Å²) >= 11 is 7.95. The monoisotopic (exact) mass is 656 g/mol. The van der Waals surface area contributed by atoms with E-state index in [0.29, 0.717) is 68.7 Å². The largest absolute Gasteiger partial charge is 0.397 e. The molecule has 3 saturated heterocycles. The Morgan fingerprint density at radius 2 is 1.71 bits per heavy atom. The summed E-state index contributed by atoms with van der Waals surface area (Å²) in [5.74, 6) is -0.0663. The van der Waals surface area contributed by atoms with Gasteiger partial charge in [0.25, 0.3) is 0 Å². The van der Waals surface area contributed by atoms with E-state index in [1.54, 1.807) is 22.3 Å². The van der Waals surface area contributed by atoms with Gasteiger partial charge in [-0.3, -0.25) is 15.0 Å². The molecule has 3 fully saturated rings. The molecule has 6 rings (SSSR count). The van der Waals surface area contributed by atoms with Gasteiger partial charge in [-0.15, -0.1) is 11.3 Å². The first-order chi connectivity index (χ1) is 21.7. The number of halogens is 1. The van der Waals surface area contributed by atoms with Crippen molar-refractivity contribution in [2.45, 2.75) is 63.7 Å². The number of benzene rings is 1. The minimum absolute atomic E-state index is 0.0558. The van der Waals surface area contributed by atoms with Gasteiger partial charge in [-0.2, -0.15) is 0 Å². The van der Waals surface area contributed by atoms with Crippen LogP contribution in [0.25, 0.3) is 0 Å². The molecule has 0 bridgehead atoms. The van der Waals surface area contributed by atoms with Crippen LogP contribution in [0.3, 0.4) is 0 Å². The number of hydrogen-bond acceptors (Lipinski definition) is 7. The molecule has 0 unspecified atom stereocenters. The average molecular weight is 657 g/mol. The van der Waals surface area contributed by atoms with E-state index in [9.17, 15) is 14.4 Å². The molecule has 4 aliphatic rings. The van der Waals surface area contributed by atoms with Gasteiger partial charge < -0.3 is 30.7 Å². The van der Waals surface area contributed by atoms with Crippen molar-refractivity contribution in [3.05, 3.63) is 45.3 Å². The lowest BCUT2D eigenvalue weighted by molar-refractivity contribution is -0.135. The van der Waals surface area contributed by atoms with E-state index in [-0.39, 0.29) is 24.0 Å². The molecule has 5 amide bonds. The Labute approximate surface area is 274 Å². The van der Waals surface area contributed by atoms with Crippen LogP contribution in [0.2, 0.25) is 5.02 Å². The summed E-state index contributed by atoms with van der Waals surface area (Å²) in [6.45, 7) is 8.72. The highest BCUT2D eigenvalue weighted by molar-refractivity contribution is 7.14. The normalized spacial score (nSPS) is 21.4. The number of likely N-dealkylation sites (tertiary alicyclic amines) is 2. The fourth-order valence-corrected chi connectivity index (χ4v) is 8.27. The number of piperazine rings is 1. The fraction of sp³-hybridized carbons (Fsp3) is 0.594. The molecule has 45 heavy (non-hydrogen) atoms. The van der Waals surface area contributed by atoms with Crippen LogP contribution in [0.4, 0.5) is 20.3 Å². The molecule has 0 saturated carbocycles. The third-order valence-corrected chi connectivity index (χ3v) is 11.2. The van der Waals surface area contributed by atoms with E-state index in [1.807, 2.05) is 28.2 Å². The summed E-state index contributed by atoms with van der Waals surface area (Å²) in [6.07, 6.45) is 4.02. The van der Waals surface area contributed by atoms with E-state index in [4.69, 9.17) is 17.3 Å². The second-order valence-corrected chi connectivity index (χ2v) is 14.3. The number of nitrogen functional groups attached to an aromatic ring is 1. The van der Waals surface area contributed by atoms with Crippen molar-refractivity contribution in [1.82, 2.24) is 29.8 Å².